The normalized spacial score (nSPS) is 12.8. The van der Waals surface area contributed by atoms with E-state index in [4.69, 9.17) is 4.74 Å². The maximum atomic E-state index is 5.67. The second-order valence-electron chi connectivity index (χ2n) is 5.95. The summed E-state index contributed by atoms with van der Waals surface area (Å²) in [5.41, 5.74) is 0. The molecule has 0 saturated heterocycles. The summed E-state index contributed by atoms with van der Waals surface area (Å²) in [5, 5.41) is 3.54. The Morgan fingerprint density at radius 3 is 1.90 bits per heavy atom. The molecule has 0 aliphatic rings. The zero-order chi connectivity index (χ0) is 14.9. The summed E-state index contributed by atoms with van der Waals surface area (Å²) in [4.78, 5) is 0. The monoisotopic (exact) mass is 285 g/mol. The van der Waals surface area contributed by atoms with E-state index >= 15 is 0 Å². The number of hydrogen-bond donors (Lipinski definition) is 1. The highest BCUT2D eigenvalue weighted by atomic mass is 16.5. The number of hydrogen-bond acceptors (Lipinski definition) is 2. The maximum Gasteiger partial charge on any atom is 0.0619 e. The van der Waals surface area contributed by atoms with Crippen LogP contribution in [0.25, 0.3) is 0 Å². The molecule has 0 aromatic carbocycles. The van der Waals surface area contributed by atoms with Crippen molar-refractivity contribution in [1.29, 1.82) is 0 Å². The van der Waals surface area contributed by atoms with Gasteiger partial charge >= 0.3 is 0 Å². The minimum Gasteiger partial charge on any atom is -0.380 e. The van der Waals surface area contributed by atoms with E-state index in [-0.39, 0.29) is 0 Å². The molecule has 0 aliphatic heterocycles. The first-order valence-electron chi connectivity index (χ1n) is 9.16. The minimum atomic E-state index is 0.566. The van der Waals surface area contributed by atoms with Crippen LogP contribution >= 0.6 is 0 Å². The smallest absolute Gasteiger partial charge is 0.0619 e. The number of rotatable bonds is 16. The second-order valence-corrected chi connectivity index (χ2v) is 5.95. The van der Waals surface area contributed by atoms with Crippen molar-refractivity contribution in [2.24, 2.45) is 0 Å². The summed E-state index contributed by atoms with van der Waals surface area (Å²) in [6.45, 7) is 9.48. The standard InChI is InChI=1S/C18H39NO/c1-4-7-8-9-10-11-12-13-14-15-18(19-6-3)17-20-16-5-2/h18-19H,4-17H2,1-3H3. The molecule has 122 valence electrons. The SMILES string of the molecule is CCCCCCCCCCCC(COCCC)NCC. The van der Waals surface area contributed by atoms with E-state index in [1.54, 1.807) is 0 Å². The molecule has 0 bridgehead atoms. The average molecular weight is 286 g/mol. The van der Waals surface area contributed by atoms with Crippen LogP contribution in [-0.4, -0.2) is 25.8 Å². The van der Waals surface area contributed by atoms with Crippen LogP contribution < -0.4 is 5.32 Å². The zero-order valence-electron chi connectivity index (χ0n) is 14.4. The van der Waals surface area contributed by atoms with E-state index in [9.17, 15) is 0 Å². The first kappa shape index (κ1) is 19.9. The lowest BCUT2D eigenvalue weighted by atomic mass is 10.0. The second kappa shape index (κ2) is 17.0. The van der Waals surface area contributed by atoms with Gasteiger partial charge in [-0.05, 0) is 19.4 Å². The van der Waals surface area contributed by atoms with Crippen molar-refractivity contribution in [1.82, 2.24) is 5.32 Å². The summed E-state index contributed by atoms with van der Waals surface area (Å²) < 4.78 is 5.67. The third-order valence-electron chi connectivity index (χ3n) is 3.82. The Morgan fingerprint density at radius 1 is 0.750 bits per heavy atom. The van der Waals surface area contributed by atoms with Gasteiger partial charge in [-0.3, -0.25) is 0 Å². The van der Waals surface area contributed by atoms with E-state index in [1.165, 1.54) is 64.2 Å². The van der Waals surface area contributed by atoms with E-state index in [1.807, 2.05) is 0 Å². The highest BCUT2D eigenvalue weighted by molar-refractivity contribution is 4.65. The van der Waals surface area contributed by atoms with Crippen LogP contribution in [0.5, 0.6) is 0 Å². The molecule has 0 radical (unpaired) electrons. The summed E-state index contributed by atoms with van der Waals surface area (Å²) >= 11 is 0. The third kappa shape index (κ3) is 14.3. The molecule has 0 heterocycles. The van der Waals surface area contributed by atoms with Gasteiger partial charge in [-0.1, -0.05) is 78.6 Å². The predicted octanol–water partition coefficient (Wildman–Crippen LogP) is 5.31. The lowest BCUT2D eigenvalue weighted by Gasteiger charge is -2.17. The molecule has 1 atom stereocenters. The zero-order valence-corrected chi connectivity index (χ0v) is 14.4. The van der Waals surface area contributed by atoms with Crippen molar-refractivity contribution in [3.8, 4) is 0 Å². The molecule has 0 rings (SSSR count). The van der Waals surface area contributed by atoms with Crippen LogP contribution in [0.3, 0.4) is 0 Å². The van der Waals surface area contributed by atoms with Crippen molar-refractivity contribution >= 4 is 0 Å². The van der Waals surface area contributed by atoms with Crippen molar-refractivity contribution < 1.29 is 4.74 Å². The van der Waals surface area contributed by atoms with Gasteiger partial charge in [0, 0.05) is 12.6 Å². The predicted molar refractivity (Wildman–Crippen MR) is 90.4 cm³/mol. The van der Waals surface area contributed by atoms with Gasteiger partial charge in [0.15, 0.2) is 0 Å². The molecule has 0 spiro atoms. The third-order valence-corrected chi connectivity index (χ3v) is 3.82. The summed E-state index contributed by atoms with van der Waals surface area (Å²) in [7, 11) is 0. The molecule has 0 fully saturated rings. The molecule has 0 aromatic heterocycles. The van der Waals surface area contributed by atoms with Crippen LogP contribution in [0.1, 0.15) is 91.4 Å². The Morgan fingerprint density at radius 2 is 1.35 bits per heavy atom. The fraction of sp³-hybridized carbons (Fsp3) is 1.00. The Balaban J connectivity index is 3.34. The fourth-order valence-corrected chi connectivity index (χ4v) is 2.60. The van der Waals surface area contributed by atoms with Gasteiger partial charge in [0.2, 0.25) is 0 Å². The lowest BCUT2D eigenvalue weighted by Crippen LogP contribution is -2.33. The van der Waals surface area contributed by atoms with Crippen LogP contribution in [-0.2, 0) is 4.74 Å². The number of ether oxygens (including phenoxy) is 1. The highest BCUT2D eigenvalue weighted by Crippen LogP contribution is 2.11. The fourth-order valence-electron chi connectivity index (χ4n) is 2.60. The van der Waals surface area contributed by atoms with E-state index in [2.05, 4.69) is 26.1 Å². The molecule has 0 aromatic rings. The Hall–Kier alpha value is -0.0800. The Kier molecular flexibility index (Phi) is 16.9. The van der Waals surface area contributed by atoms with Crippen molar-refractivity contribution in [2.45, 2.75) is 97.4 Å². The minimum absolute atomic E-state index is 0.566. The molecule has 2 heteroatoms. The Bertz CT molecular complexity index is 173. The van der Waals surface area contributed by atoms with Crippen LogP contribution in [0.2, 0.25) is 0 Å². The molecule has 0 amide bonds. The average Bonchev–Trinajstić information content (AvgIpc) is 2.45. The molecular formula is C18H39NO. The number of unbranched alkanes of at least 4 members (excludes halogenated alkanes) is 8. The van der Waals surface area contributed by atoms with Gasteiger partial charge in [0.1, 0.15) is 0 Å². The first-order chi connectivity index (χ1) is 9.85. The highest BCUT2D eigenvalue weighted by Gasteiger charge is 2.06. The molecule has 0 saturated carbocycles. The summed E-state index contributed by atoms with van der Waals surface area (Å²) in [5.74, 6) is 0. The largest absolute Gasteiger partial charge is 0.380 e. The van der Waals surface area contributed by atoms with Crippen LogP contribution in [0, 0.1) is 0 Å². The van der Waals surface area contributed by atoms with Crippen molar-refractivity contribution in [3.05, 3.63) is 0 Å². The van der Waals surface area contributed by atoms with Gasteiger partial charge in [0.05, 0.1) is 6.61 Å². The molecule has 20 heavy (non-hydrogen) atoms. The maximum absolute atomic E-state index is 5.67. The Labute approximate surface area is 128 Å². The number of nitrogens with one attached hydrogen (secondary N) is 1. The van der Waals surface area contributed by atoms with Crippen molar-refractivity contribution in [3.63, 3.8) is 0 Å². The van der Waals surface area contributed by atoms with Gasteiger partial charge in [-0.15, -0.1) is 0 Å². The van der Waals surface area contributed by atoms with Crippen molar-refractivity contribution in [2.75, 3.05) is 19.8 Å². The molecular weight excluding hydrogens is 246 g/mol. The van der Waals surface area contributed by atoms with Crippen LogP contribution in [0.4, 0.5) is 0 Å². The van der Waals surface area contributed by atoms with Gasteiger partial charge in [-0.2, -0.15) is 0 Å². The number of likely N-dealkylation sites (N-methyl/N-ethyl adjacent to an activating group) is 1. The van der Waals surface area contributed by atoms with E-state index in [0.29, 0.717) is 6.04 Å². The summed E-state index contributed by atoms with van der Waals surface area (Å²) in [6.07, 6.45) is 15.1. The van der Waals surface area contributed by atoms with E-state index < -0.39 is 0 Å². The van der Waals surface area contributed by atoms with Gasteiger partial charge < -0.3 is 10.1 Å². The quantitative estimate of drug-likeness (QED) is 0.388. The van der Waals surface area contributed by atoms with Crippen LogP contribution in [0.15, 0.2) is 0 Å². The topological polar surface area (TPSA) is 21.3 Å². The van der Waals surface area contributed by atoms with Gasteiger partial charge in [-0.25, -0.2) is 0 Å². The lowest BCUT2D eigenvalue weighted by molar-refractivity contribution is 0.109. The van der Waals surface area contributed by atoms with E-state index in [0.717, 1.165) is 26.2 Å². The molecule has 0 aliphatic carbocycles. The molecule has 1 unspecified atom stereocenters. The molecule has 1 N–H and O–H groups in total. The molecule has 2 nitrogen and oxygen atoms in total. The first-order valence-corrected chi connectivity index (χ1v) is 9.16. The van der Waals surface area contributed by atoms with Gasteiger partial charge in [0.25, 0.3) is 0 Å². The summed E-state index contributed by atoms with van der Waals surface area (Å²) in [6, 6.07) is 0.566.